The van der Waals surface area contributed by atoms with E-state index in [4.69, 9.17) is 4.74 Å². The quantitative estimate of drug-likeness (QED) is 0.810. The highest BCUT2D eigenvalue weighted by molar-refractivity contribution is 9.10. The molecule has 0 aliphatic heterocycles. The van der Waals surface area contributed by atoms with Gasteiger partial charge in [-0.2, -0.15) is 0 Å². The fourth-order valence-corrected chi connectivity index (χ4v) is 2.03. The van der Waals surface area contributed by atoms with Gasteiger partial charge in [0.15, 0.2) is 0 Å². The smallest absolute Gasteiger partial charge is 0.224 e. The Morgan fingerprint density at radius 3 is 2.67 bits per heavy atom. The molecule has 5 heteroatoms. The van der Waals surface area contributed by atoms with Crippen molar-refractivity contribution in [2.24, 2.45) is 0 Å². The first-order valence-electron chi connectivity index (χ1n) is 6.53. The number of amides is 1. The van der Waals surface area contributed by atoms with Crippen molar-refractivity contribution < 1.29 is 13.9 Å². The fourth-order valence-electron chi connectivity index (χ4n) is 1.77. The van der Waals surface area contributed by atoms with Crippen molar-refractivity contribution in [1.82, 2.24) is 5.32 Å². The third-order valence-electron chi connectivity index (χ3n) is 2.77. The van der Waals surface area contributed by atoms with Crippen molar-refractivity contribution in [2.75, 3.05) is 13.2 Å². The van der Waals surface area contributed by atoms with E-state index in [0.717, 1.165) is 10.0 Å². The van der Waals surface area contributed by atoms with Crippen LogP contribution in [0.4, 0.5) is 4.39 Å². The zero-order chi connectivity index (χ0) is 15.1. The van der Waals surface area contributed by atoms with E-state index in [9.17, 15) is 9.18 Å². The molecule has 0 atom stereocenters. The Morgan fingerprint density at radius 2 is 1.95 bits per heavy atom. The highest BCUT2D eigenvalue weighted by Crippen LogP contribution is 2.12. The lowest BCUT2D eigenvalue weighted by atomic mass is 10.1. The van der Waals surface area contributed by atoms with Crippen molar-refractivity contribution in [2.45, 2.75) is 6.42 Å². The molecule has 1 amide bonds. The Hall–Kier alpha value is -1.88. The van der Waals surface area contributed by atoms with Gasteiger partial charge in [0.2, 0.25) is 5.91 Å². The standard InChI is InChI=1S/C16H15BrFNO2/c17-13-6-4-12(5-7-13)10-16(20)19-8-9-21-15-3-1-2-14(18)11-15/h1-7,11H,8-10H2,(H,19,20). The highest BCUT2D eigenvalue weighted by atomic mass is 79.9. The molecule has 1 N–H and O–H groups in total. The van der Waals surface area contributed by atoms with E-state index >= 15 is 0 Å². The fraction of sp³-hybridized carbons (Fsp3) is 0.188. The van der Waals surface area contributed by atoms with Gasteiger partial charge >= 0.3 is 0 Å². The van der Waals surface area contributed by atoms with Crippen LogP contribution in [0.2, 0.25) is 0 Å². The molecule has 21 heavy (non-hydrogen) atoms. The van der Waals surface area contributed by atoms with Crippen molar-refractivity contribution in [3.05, 3.63) is 64.4 Å². The van der Waals surface area contributed by atoms with E-state index in [1.807, 2.05) is 24.3 Å². The van der Waals surface area contributed by atoms with Crippen molar-refractivity contribution in [3.63, 3.8) is 0 Å². The third-order valence-corrected chi connectivity index (χ3v) is 3.30. The number of benzene rings is 2. The summed E-state index contributed by atoms with van der Waals surface area (Å²) >= 11 is 3.35. The van der Waals surface area contributed by atoms with E-state index in [-0.39, 0.29) is 11.7 Å². The first kappa shape index (κ1) is 15.5. The van der Waals surface area contributed by atoms with Crippen LogP contribution in [0.1, 0.15) is 5.56 Å². The molecular formula is C16H15BrFNO2. The molecule has 2 aromatic rings. The zero-order valence-electron chi connectivity index (χ0n) is 11.3. The molecule has 0 unspecified atom stereocenters. The van der Waals surface area contributed by atoms with E-state index < -0.39 is 0 Å². The number of rotatable bonds is 6. The van der Waals surface area contributed by atoms with Crippen LogP contribution in [0.25, 0.3) is 0 Å². The maximum atomic E-state index is 12.9. The van der Waals surface area contributed by atoms with Crippen LogP contribution >= 0.6 is 15.9 Å². The second-order valence-corrected chi connectivity index (χ2v) is 5.37. The van der Waals surface area contributed by atoms with E-state index in [1.54, 1.807) is 12.1 Å². The predicted molar refractivity (Wildman–Crippen MR) is 82.8 cm³/mol. The summed E-state index contributed by atoms with van der Waals surface area (Å²) in [5.41, 5.74) is 0.946. The number of halogens is 2. The summed E-state index contributed by atoms with van der Waals surface area (Å²) in [6.45, 7) is 0.682. The summed E-state index contributed by atoms with van der Waals surface area (Å²) in [4.78, 5) is 11.7. The Bertz CT molecular complexity index is 601. The number of nitrogens with one attached hydrogen (secondary N) is 1. The summed E-state index contributed by atoms with van der Waals surface area (Å²) < 4.78 is 19.2. The maximum Gasteiger partial charge on any atom is 0.224 e. The van der Waals surface area contributed by atoms with Gasteiger partial charge in [-0.05, 0) is 29.8 Å². The second kappa shape index (κ2) is 7.78. The Morgan fingerprint density at radius 1 is 1.19 bits per heavy atom. The second-order valence-electron chi connectivity index (χ2n) is 4.46. The summed E-state index contributed by atoms with van der Waals surface area (Å²) in [7, 11) is 0. The van der Waals surface area contributed by atoms with Crippen molar-refractivity contribution in [3.8, 4) is 5.75 Å². The van der Waals surface area contributed by atoms with Crippen LogP contribution < -0.4 is 10.1 Å². The van der Waals surface area contributed by atoms with Crippen LogP contribution in [-0.2, 0) is 11.2 Å². The lowest BCUT2D eigenvalue weighted by molar-refractivity contribution is -0.120. The monoisotopic (exact) mass is 351 g/mol. The Labute approximate surface area is 131 Å². The van der Waals surface area contributed by atoms with E-state index in [2.05, 4.69) is 21.2 Å². The predicted octanol–water partition coefficient (Wildman–Crippen LogP) is 3.33. The largest absolute Gasteiger partial charge is 0.492 e. The molecule has 110 valence electrons. The van der Waals surface area contributed by atoms with Crippen LogP contribution in [0, 0.1) is 5.82 Å². The van der Waals surface area contributed by atoms with Gasteiger partial charge in [-0.3, -0.25) is 4.79 Å². The Kier molecular flexibility index (Phi) is 5.75. The molecule has 0 bridgehead atoms. The minimum atomic E-state index is -0.341. The van der Waals surface area contributed by atoms with Crippen LogP contribution in [0.5, 0.6) is 5.75 Å². The number of carbonyl (C=O) groups is 1. The molecule has 2 aromatic carbocycles. The van der Waals surface area contributed by atoms with E-state index in [1.165, 1.54) is 12.1 Å². The molecule has 0 aliphatic carbocycles. The van der Waals surface area contributed by atoms with Gasteiger partial charge in [0, 0.05) is 10.5 Å². The van der Waals surface area contributed by atoms with Crippen LogP contribution in [-0.4, -0.2) is 19.1 Å². The first-order valence-corrected chi connectivity index (χ1v) is 7.32. The molecule has 3 nitrogen and oxygen atoms in total. The van der Waals surface area contributed by atoms with Crippen LogP contribution in [0.15, 0.2) is 53.0 Å². The number of hydrogen-bond acceptors (Lipinski definition) is 2. The highest BCUT2D eigenvalue weighted by Gasteiger charge is 2.03. The summed E-state index contributed by atoms with van der Waals surface area (Å²) in [5.74, 6) is 0.0455. The molecular weight excluding hydrogens is 337 g/mol. The van der Waals surface area contributed by atoms with Crippen molar-refractivity contribution >= 4 is 21.8 Å². The minimum absolute atomic E-state index is 0.0693. The molecule has 0 saturated carbocycles. The average Bonchev–Trinajstić information content (AvgIpc) is 2.46. The van der Waals surface area contributed by atoms with Crippen LogP contribution in [0.3, 0.4) is 0 Å². The lowest BCUT2D eigenvalue weighted by Gasteiger charge is -2.08. The van der Waals surface area contributed by atoms with Gasteiger partial charge < -0.3 is 10.1 Å². The SMILES string of the molecule is O=C(Cc1ccc(Br)cc1)NCCOc1cccc(F)c1. The molecule has 0 fully saturated rings. The third kappa shape index (κ3) is 5.55. The zero-order valence-corrected chi connectivity index (χ0v) is 12.9. The van der Waals surface area contributed by atoms with E-state index in [0.29, 0.717) is 25.3 Å². The number of hydrogen-bond donors (Lipinski definition) is 1. The normalized spacial score (nSPS) is 10.2. The summed E-state index contributed by atoms with van der Waals surface area (Å²) in [5, 5.41) is 2.76. The number of ether oxygens (including phenoxy) is 1. The van der Waals surface area contributed by atoms with Gasteiger partial charge in [-0.15, -0.1) is 0 Å². The van der Waals surface area contributed by atoms with Gasteiger partial charge in [-0.1, -0.05) is 34.1 Å². The molecule has 0 aromatic heterocycles. The molecule has 0 heterocycles. The van der Waals surface area contributed by atoms with Gasteiger partial charge in [-0.25, -0.2) is 4.39 Å². The lowest BCUT2D eigenvalue weighted by Crippen LogP contribution is -2.29. The number of carbonyl (C=O) groups excluding carboxylic acids is 1. The molecule has 0 aliphatic rings. The molecule has 0 spiro atoms. The summed E-state index contributed by atoms with van der Waals surface area (Å²) in [6.07, 6.45) is 0.327. The molecule has 2 rings (SSSR count). The Balaban J connectivity index is 1.68. The topological polar surface area (TPSA) is 38.3 Å². The van der Waals surface area contributed by atoms with Gasteiger partial charge in [0.05, 0.1) is 13.0 Å². The summed E-state index contributed by atoms with van der Waals surface area (Å²) in [6, 6.07) is 13.5. The van der Waals surface area contributed by atoms with Crippen molar-refractivity contribution in [1.29, 1.82) is 0 Å². The average molecular weight is 352 g/mol. The minimum Gasteiger partial charge on any atom is -0.492 e. The molecule has 0 radical (unpaired) electrons. The van der Waals surface area contributed by atoms with Gasteiger partial charge in [0.25, 0.3) is 0 Å². The molecule has 0 saturated heterocycles. The van der Waals surface area contributed by atoms with Gasteiger partial charge in [0.1, 0.15) is 18.2 Å². The maximum absolute atomic E-state index is 12.9. The first-order chi connectivity index (χ1) is 10.1.